The fourth-order valence-corrected chi connectivity index (χ4v) is 1.98. The minimum atomic E-state index is 0.282. The Morgan fingerprint density at radius 1 is 1.21 bits per heavy atom. The van der Waals surface area contributed by atoms with Gasteiger partial charge in [-0.15, -0.1) is 0 Å². The zero-order valence-electron chi connectivity index (χ0n) is 8.92. The Morgan fingerprint density at radius 2 is 1.79 bits per heavy atom. The second kappa shape index (κ2) is 3.25. The standard InChI is InChI=1S/C12H16ClN/c1-12(2,3)14-8-11(14)9-4-6-10(13)7-5-9/h4-7,11H,8H2,1-3H3. The van der Waals surface area contributed by atoms with Crippen LogP contribution in [0.2, 0.25) is 5.02 Å². The van der Waals surface area contributed by atoms with Gasteiger partial charge in [0.2, 0.25) is 0 Å². The topological polar surface area (TPSA) is 3.01 Å². The number of benzene rings is 1. The van der Waals surface area contributed by atoms with Gasteiger partial charge in [0.1, 0.15) is 0 Å². The molecule has 2 atom stereocenters. The van der Waals surface area contributed by atoms with Crippen LogP contribution in [-0.4, -0.2) is 17.0 Å². The minimum Gasteiger partial charge on any atom is -0.288 e. The van der Waals surface area contributed by atoms with Crippen LogP contribution in [0.1, 0.15) is 32.4 Å². The number of hydrogen-bond acceptors (Lipinski definition) is 1. The zero-order chi connectivity index (χ0) is 10.3. The maximum atomic E-state index is 5.85. The highest BCUT2D eigenvalue weighted by atomic mass is 35.5. The van der Waals surface area contributed by atoms with Crippen molar-refractivity contribution in [2.24, 2.45) is 0 Å². The Labute approximate surface area is 90.7 Å². The lowest BCUT2D eigenvalue weighted by Crippen LogP contribution is -2.25. The summed E-state index contributed by atoms with van der Waals surface area (Å²) in [5.74, 6) is 0. The molecule has 0 spiro atoms. The van der Waals surface area contributed by atoms with Crippen molar-refractivity contribution in [1.82, 2.24) is 4.90 Å². The quantitative estimate of drug-likeness (QED) is 0.640. The first kappa shape index (κ1) is 10.0. The number of rotatable bonds is 1. The van der Waals surface area contributed by atoms with E-state index in [2.05, 4.69) is 37.8 Å². The third-order valence-corrected chi connectivity index (χ3v) is 2.98. The summed E-state index contributed by atoms with van der Waals surface area (Å²) in [4.78, 5) is 2.48. The molecule has 0 bridgehead atoms. The SMILES string of the molecule is CC(C)(C)N1CC1c1ccc(Cl)cc1. The summed E-state index contributed by atoms with van der Waals surface area (Å²) in [6, 6.07) is 8.79. The second-order valence-electron chi connectivity index (χ2n) is 4.89. The summed E-state index contributed by atoms with van der Waals surface area (Å²) in [6.45, 7) is 7.93. The largest absolute Gasteiger partial charge is 0.288 e. The van der Waals surface area contributed by atoms with Gasteiger partial charge in [-0.2, -0.15) is 0 Å². The van der Waals surface area contributed by atoms with Crippen LogP contribution in [0.5, 0.6) is 0 Å². The molecule has 1 fully saturated rings. The van der Waals surface area contributed by atoms with E-state index >= 15 is 0 Å². The van der Waals surface area contributed by atoms with Crippen LogP contribution < -0.4 is 0 Å². The third kappa shape index (κ3) is 1.94. The van der Waals surface area contributed by atoms with Gasteiger partial charge in [-0.3, -0.25) is 4.90 Å². The van der Waals surface area contributed by atoms with Gasteiger partial charge in [-0.1, -0.05) is 23.7 Å². The highest BCUT2D eigenvalue weighted by molar-refractivity contribution is 6.30. The summed E-state index contributed by atoms with van der Waals surface area (Å²) in [5.41, 5.74) is 1.66. The summed E-state index contributed by atoms with van der Waals surface area (Å²) in [5, 5.41) is 0.816. The Balaban J connectivity index is 2.10. The Bertz CT molecular complexity index is 323. The molecule has 0 aliphatic carbocycles. The van der Waals surface area contributed by atoms with Crippen LogP contribution in [-0.2, 0) is 0 Å². The van der Waals surface area contributed by atoms with E-state index in [0.717, 1.165) is 5.02 Å². The number of nitrogens with zero attached hydrogens (tertiary/aromatic N) is 1. The van der Waals surface area contributed by atoms with E-state index < -0.39 is 0 Å². The third-order valence-electron chi connectivity index (χ3n) is 2.73. The van der Waals surface area contributed by atoms with Crippen molar-refractivity contribution < 1.29 is 0 Å². The van der Waals surface area contributed by atoms with Gasteiger partial charge in [-0.05, 0) is 38.5 Å². The summed E-state index contributed by atoms with van der Waals surface area (Å²) in [7, 11) is 0. The van der Waals surface area contributed by atoms with Gasteiger partial charge >= 0.3 is 0 Å². The van der Waals surface area contributed by atoms with Crippen molar-refractivity contribution in [2.45, 2.75) is 32.4 Å². The predicted molar refractivity (Wildman–Crippen MR) is 60.7 cm³/mol. The maximum Gasteiger partial charge on any atom is 0.0481 e. The lowest BCUT2D eigenvalue weighted by Gasteiger charge is -2.21. The van der Waals surface area contributed by atoms with Crippen molar-refractivity contribution in [3.05, 3.63) is 34.9 Å². The molecule has 2 rings (SSSR count). The molecule has 0 N–H and O–H groups in total. The molecule has 76 valence electrons. The van der Waals surface area contributed by atoms with Crippen molar-refractivity contribution in [3.63, 3.8) is 0 Å². The molecular formula is C12H16ClN. The van der Waals surface area contributed by atoms with E-state index in [0.29, 0.717) is 6.04 Å². The fraction of sp³-hybridized carbons (Fsp3) is 0.500. The van der Waals surface area contributed by atoms with E-state index in [1.165, 1.54) is 12.1 Å². The first-order valence-electron chi connectivity index (χ1n) is 5.01. The van der Waals surface area contributed by atoms with Crippen LogP contribution in [0.25, 0.3) is 0 Å². The van der Waals surface area contributed by atoms with Gasteiger partial charge in [-0.25, -0.2) is 0 Å². The number of halogens is 1. The fourth-order valence-electron chi connectivity index (χ4n) is 1.85. The molecule has 1 aliphatic rings. The maximum absolute atomic E-state index is 5.85. The molecule has 1 aliphatic heterocycles. The zero-order valence-corrected chi connectivity index (χ0v) is 9.67. The second-order valence-corrected chi connectivity index (χ2v) is 5.33. The molecule has 1 aromatic carbocycles. The minimum absolute atomic E-state index is 0.282. The molecule has 1 nitrogen and oxygen atoms in total. The van der Waals surface area contributed by atoms with Crippen molar-refractivity contribution >= 4 is 11.6 Å². The lowest BCUT2D eigenvalue weighted by atomic mass is 10.1. The van der Waals surface area contributed by atoms with E-state index in [-0.39, 0.29) is 5.54 Å². The molecule has 1 heterocycles. The molecule has 1 aromatic rings. The Kier molecular flexibility index (Phi) is 2.32. The van der Waals surface area contributed by atoms with Crippen LogP contribution >= 0.6 is 11.6 Å². The Morgan fingerprint density at radius 3 is 2.21 bits per heavy atom. The highest BCUT2D eigenvalue weighted by Gasteiger charge is 2.42. The van der Waals surface area contributed by atoms with Gasteiger partial charge in [0.05, 0.1) is 0 Å². The Hall–Kier alpha value is -0.530. The normalized spacial score (nSPS) is 26.3. The van der Waals surface area contributed by atoms with Crippen LogP contribution in [0.4, 0.5) is 0 Å². The first-order chi connectivity index (χ1) is 6.48. The molecule has 14 heavy (non-hydrogen) atoms. The van der Waals surface area contributed by atoms with Crippen molar-refractivity contribution in [3.8, 4) is 0 Å². The van der Waals surface area contributed by atoms with E-state index in [1.54, 1.807) is 0 Å². The monoisotopic (exact) mass is 209 g/mol. The molecule has 0 amide bonds. The highest BCUT2D eigenvalue weighted by Crippen LogP contribution is 2.41. The van der Waals surface area contributed by atoms with Gasteiger partial charge in [0.15, 0.2) is 0 Å². The average Bonchev–Trinajstić information content (AvgIpc) is 2.83. The number of hydrogen-bond donors (Lipinski definition) is 0. The average molecular weight is 210 g/mol. The molecule has 0 saturated carbocycles. The molecule has 1 saturated heterocycles. The molecule has 0 aromatic heterocycles. The lowest BCUT2D eigenvalue weighted by molar-refractivity contribution is 0.287. The summed E-state index contributed by atoms with van der Waals surface area (Å²) in [6.07, 6.45) is 0. The van der Waals surface area contributed by atoms with E-state index in [4.69, 9.17) is 11.6 Å². The molecule has 2 heteroatoms. The smallest absolute Gasteiger partial charge is 0.0481 e. The van der Waals surface area contributed by atoms with Crippen LogP contribution in [0.3, 0.4) is 0 Å². The van der Waals surface area contributed by atoms with Crippen molar-refractivity contribution in [1.29, 1.82) is 0 Å². The van der Waals surface area contributed by atoms with Gasteiger partial charge in [0, 0.05) is 23.1 Å². The van der Waals surface area contributed by atoms with Gasteiger partial charge in [0.25, 0.3) is 0 Å². The summed E-state index contributed by atoms with van der Waals surface area (Å²) >= 11 is 5.85. The molecule has 0 radical (unpaired) electrons. The van der Waals surface area contributed by atoms with Crippen LogP contribution in [0.15, 0.2) is 24.3 Å². The molecular weight excluding hydrogens is 194 g/mol. The summed E-state index contributed by atoms with van der Waals surface area (Å²) < 4.78 is 0. The van der Waals surface area contributed by atoms with Crippen molar-refractivity contribution in [2.75, 3.05) is 6.54 Å². The van der Waals surface area contributed by atoms with Gasteiger partial charge < -0.3 is 0 Å². The first-order valence-corrected chi connectivity index (χ1v) is 5.38. The van der Waals surface area contributed by atoms with E-state index in [1.807, 2.05) is 12.1 Å². The van der Waals surface area contributed by atoms with Crippen LogP contribution in [0, 0.1) is 0 Å². The van der Waals surface area contributed by atoms with E-state index in [9.17, 15) is 0 Å². The molecule has 2 unspecified atom stereocenters. The predicted octanol–water partition coefficient (Wildman–Crippen LogP) is 3.50.